The molecule has 0 aliphatic rings. The van der Waals surface area contributed by atoms with Crippen LogP contribution in [0.1, 0.15) is 39.5 Å². The molecule has 0 aliphatic carbocycles. The van der Waals surface area contributed by atoms with Crippen molar-refractivity contribution in [2.24, 2.45) is 0 Å². The molecule has 0 aliphatic heterocycles. The van der Waals surface area contributed by atoms with E-state index in [1.165, 1.54) is 0 Å². The molecule has 0 aromatic carbocycles. The number of carboxylic acid groups (broad SMARTS) is 1. The zero-order valence-corrected chi connectivity index (χ0v) is 8.05. The molecule has 0 fully saturated rings. The third-order valence-electron chi connectivity index (χ3n) is 0.994. The number of hydrogen-bond acceptors (Lipinski definition) is 3. The summed E-state index contributed by atoms with van der Waals surface area (Å²) in [5, 5.41) is 15.7. The van der Waals surface area contributed by atoms with Gasteiger partial charge in [-0.1, -0.05) is 19.8 Å². The molecular weight excluding hydrogens is 158 g/mol. The van der Waals surface area contributed by atoms with E-state index in [2.05, 4.69) is 6.92 Å². The van der Waals surface area contributed by atoms with Crippen molar-refractivity contribution in [1.29, 1.82) is 0 Å². The Labute approximate surface area is 74.2 Å². The topological polar surface area (TPSA) is 92.5 Å². The average molecular weight is 179 g/mol. The molecule has 0 heterocycles. The van der Waals surface area contributed by atoms with Crippen molar-refractivity contribution >= 4 is 5.97 Å². The second-order valence-electron chi connectivity index (χ2n) is 2.17. The average Bonchev–Trinajstić information content (AvgIpc) is 1.89. The van der Waals surface area contributed by atoms with Crippen LogP contribution in [0, 0.1) is 0 Å². The lowest BCUT2D eigenvalue weighted by atomic mass is 10.2. The number of carboxylic acids is 1. The van der Waals surface area contributed by atoms with Crippen LogP contribution in [-0.2, 0) is 4.79 Å². The first-order chi connectivity index (χ1) is 5.18. The predicted octanol–water partition coefficient (Wildman–Crippen LogP) is 1.81. The largest absolute Gasteiger partial charge is 0.481 e. The second kappa shape index (κ2) is 16.8. The van der Waals surface area contributed by atoms with Gasteiger partial charge in [-0.2, -0.15) is 0 Å². The molecule has 0 saturated carbocycles. The summed E-state index contributed by atoms with van der Waals surface area (Å²) in [4.78, 5) is 9.87. The smallest absolute Gasteiger partial charge is 0.303 e. The lowest BCUT2D eigenvalue weighted by Gasteiger charge is -1.89. The summed E-state index contributed by atoms with van der Waals surface area (Å²) in [6, 6.07) is 0. The Kier molecular flexibility index (Phi) is 24.4. The standard InChI is InChI=1S/C6H12O2.C2H6O.H3N/c1-2-3-4-5-6(7)8;1-2-3;/h2-5H2,1H3,(H,7,8);3H,2H2,1H3;1H3. The van der Waals surface area contributed by atoms with Crippen LogP contribution in [0.15, 0.2) is 0 Å². The fourth-order valence-electron chi connectivity index (χ4n) is 0.526. The summed E-state index contributed by atoms with van der Waals surface area (Å²) in [6.07, 6.45) is 3.28. The summed E-state index contributed by atoms with van der Waals surface area (Å²) in [5.74, 6) is -0.682. The first kappa shape index (κ1) is 17.5. The Hall–Kier alpha value is -0.610. The number of carbonyl (C=O) groups is 1. The van der Waals surface area contributed by atoms with Crippen molar-refractivity contribution in [3.8, 4) is 0 Å². The number of aliphatic hydroxyl groups is 1. The number of aliphatic carboxylic acids is 1. The van der Waals surface area contributed by atoms with Gasteiger partial charge in [0.05, 0.1) is 0 Å². The van der Waals surface area contributed by atoms with Gasteiger partial charge in [0.1, 0.15) is 0 Å². The van der Waals surface area contributed by atoms with Crippen LogP contribution in [0.3, 0.4) is 0 Å². The molecule has 0 spiro atoms. The zero-order valence-electron chi connectivity index (χ0n) is 8.05. The molecule has 0 unspecified atom stereocenters. The second-order valence-corrected chi connectivity index (χ2v) is 2.17. The summed E-state index contributed by atoms with van der Waals surface area (Å²) in [7, 11) is 0. The van der Waals surface area contributed by atoms with Crippen molar-refractivity contribution < 1.29 is 15.0 Å². The Morgan fingerprint density at radius 2 is 1.67 bits per heavy atom. The first-order valence-corrected chi connectivity index (χ1v) is 4.01. The molecule has 4 heteroatoms. The molecule has 0 aromatic rings. The maximum Gasteiger partial charge on any atom is 0.303 e. The molecule has 0 radical (unpaired) electrons. The van der Waals surface area contributed by atoms with Crippen LogP contribution in [0.25, 0.3) is 0 Å². The fraction of sp³-hybridized carbons (Fsp3) is 0.875. The Bertz CT molecular complexity index is 86.4. The summed E-state index contributed by atoms with van der Waals surface area (Å²) < 4.78 is 0. The van der Waals surface area contributed by atoms with Crippen LogP contribution >= 0.6 is 0 Å². The number of rotatable bonds is 4. The minimum atomic E-state index is -0.682. The monoisotopic (exact) mass is 179 g/mol. The molecule has 4 nitrogen and oxygen atoms in total. The van der Waals surface area contributed by atoms with Crippen LogP contribution < -0.4 is 6.15 Å². The van der Waals surface area contributed by atoms with Crippen molar-refractivity contribution in [2.75, 3.05) is 6.61 Å². The minimum Gasteiger partial charge on any atom is -0.481 e. The highest BCUT2D eigenvalue weighted by Gasteiger charge is 1.92. The fourth-order valence-corrected chi connectivity index (χ4v) is 0.526. The van der Waals surface area contributed by atoms with Gasteiger partial charge in [0, 0.05) is 13.0 Å². The predicted molar refractivity (Wildman–Crippen MR) is 49.6 cm³/mol. The first-order valence-electron chi connectivity index (χ1n) is 4.01. The molecule has 0 atom stereocenters. The van der Waals surface area contributed by atoms with Crippen LogP contribution in [0.2, 0.25) is 0 Å². The third-order valence-corrected chi connectivity index (χ3v) is 0.994. The highest BCUT2D eigenvalue weighted by molar-refractivity contribution is 5.66. The summed E-state index contributed by atoms with van der Waals surface area (Å²) in [5.41, 5.74) is 0. The molecular formula is C8H21NO3. The lowest BCUT2D eigenvalue weighted by Crippen LogP contribution is -1.92. The van der Waals surface area contributed by atoms with Gasteiger partial charge in [0.25, 0.3) is 0 Å². The van der Waals surface area contributed by atoms with Crippen molar-refractivity contribution in [1.82, 2.24) is 6.15 Å². The van der Waals surface area contributed by atoms with Gasteiger partial charge < -0.3 is 16.4 Å². The van der Waals surface area contributed by atoms with E-state index in [1.807, 2.05) is 0 Å². The quantitative estimate of drug-likeness (QED) is 0.574. The van der Waals surface area contributed by atoms with Crippen molar-refractivity contribution in [3.05, 3.63) is 0 Å². The van der Waals surface area contributed by atoms with Gasteiger partial charge in [-0.15, -0.1) is 0 Å². The van der Waals surface area contributed by atoms with E-state index in [0.29, 0.717) is 6.42 Å². The molecule has 0 amide bonds. The third kappa shape index (κ3) is 34.3. The Balaban J connectivity index is -0.000000177. The highest BCUT2D eigenvalue weighted by atomic mass is 16.4. The Morgan fingerprint density at radius 1 is 1.25 bits per heavy atom. The molecule has 0 saturated heterocycles. The molecule has 76 valence electrons. The molecule has 0 bridgehead atoms. The van der Waals surface area contributed by atoms with Gasteiger partial charge in [-0.25, -0.2) is 0 Å². The maximum atomic E-state index is 9.87. The van der Waals surface area contributed by atoms with E-state index in [4.69, 9.17) is 10.2 Å². The van der Waals surface area contributed by atoms with Crippen LogP contribution in [0.4, 0.5) is 0 Å². The van der Waals surface area contributed by atoms with Crippen LogP contribution in [0.5, 0.6) is 0 Å². The van der Waals surface area contributed by atoms with Crippen LogP contribution in [-0.4, -0.2) is 22.8 Å². The maximum absolute atomic E-state index is 9.87. The van der Waals surface area contributed by atoms with Crippen molar-refractivity contribution in [2.45, 2.75) is 39.5 Å². The SMILES string of the molecule is CCCCCC(=O)O.CCO.N. The number of hydrogen-bond donors (Lipinski definition) is 3. The van der Waals surface area contributed by atoms with E-state index in [-0.39, 0.29) is 12.8 Å². The highest BCUT2D eigenvalue weighted by Crippen LogP contribution is 1.97. The van der Waals surface area contributed by atoms with Gasteiger partial charge >= 0.3 is 5.97 Å². The lowest BCUT2D eigenvalue weighted by molar-refractivity contribution is -0.137. The van der Waals surface area contributed by atoms with E-state index < -0.39 is 5.97 Å². The van der Waals surface area contributed by atoms with E-state index >= 15 is 0 Å². The van der Waals surface area contributed by atoms with E-state index in [0.717, 1.165) is 19.3 Å². The molecule has 5 N–H and O–H groups in total. The number of unbranched alkanes of at least 4 members (excludes halogenated alkanes) is 2. The van der Waals surface area contributed by atoms with Gasteiger partial charge in [0.2, 0.25) is 0 Å². The van der Waals surface area contributed by atoms with E-state index in [1.54, 1.807) is 6.92 Å². The minimum absolute atomic E-state index is 0. The summed E-state index contributed by atoms with van der Waals surface area (Å²) >= 11 is 0. The molecule has 0 rings (SSSR count). The molecule has 12 heavy (non-hydrogen) atoms. The van der Waals surface area contributed by atoms with Crippen molar-refractivity contribution in [3.63, 3.8) is 0 Å². The Morgan fingerprint density at radius 3 is 1.92 bits per heavy atom. The normalized spacial score (nSPS) is 7.58. The van der Waals surface area contributed by atoms with Gasteiger partial charge in [-0.3, -0.25) is 4.79 Å². The number of aliphatic hydroxyl groups excluding tert-OH is 1. The van der Waals surface area contributed by atoms with Gasteiger partial charge in [0.15, 0.2) is 0 Å². The van der Waals surface area contributed by atoms with E-state index in [9.17, 15) is 4.79 Å². The van der Waals surface area contributed by atoms with Gasteiger partial charge in [-0.05, 0) is 13.3 Å². The zero-order chi connectivity index (χ0) is 9.11. The summed E-state index contributed by atoms with van der Waals surface area (Å²) in [6.45, 7) is 3.99. The molecule has 0 aromatic heterocycles.